The maximum atomic E-state index is 14.3. The second kappa shape index (κ2) is 5.59. The van der Waals surface area contributed by atoms with Crippen LogP contribution in [0.25, 0.3) is 0 Å². The summed E-state index contributed by atoms with van der Waals surface area (Å²) >= 11 is 0. The molecule has 1 aliphatic rings. The van der Waals surface area contributed by atoms with Crippen LogP contribution in [0.1, 0.15) is 11.1 Å². The Bertz CT molecular complexity index is 901. The van der Waals surface area contributed by atoms with Crippen LogP contribution in [-0.2, 0) is 27.7 Å². The molecule has 2 heterocycles. The number of carbonyl (C=O) groups excluding carboxylic acids is 1. The molecule has 0 aliphatic carbocycles. The van der Waals surface area contributed by atoms with Crippen molar-refractivity contribution >= 4 is 15.7 Å². The predicted molar refractivity (Wildman–Crippen MR) is 77.0 cm³/mol. The first-order chi connectivity index (χ1) is 11.2. The fourth-order valence-electron chi connectivity index (χ4n) is 2.44. The fraction of sp³-hybridized carbons (Fsp3) is 0.200. The van der Waals surface area contributed by atoms with E-state index in [-0.39, 0.29) is 13.1 Å². The van der Waals surface area contributed by atoms with E-state index in [2.05, 4.69) is 4.98 Å². The van der Waals surface area contributed by atoms with E-state index >= 15 is 0 Å². The molecule has 0 unspecified atom stereocenters. The number of pyridine rings is 1. The molecule has 0 bridgehead atoms. The minimum atomic E-state index is -5.28. The Morgan fingerprint density at radius 1 is 1.12 bits per heavy atom. The number of hydrogen-bond donors (Lipinski definition) is 0. The largest absolute Gasteiger partial charge is 0.427 e. The Kier molecular flexibility index (Phi) is 3.83. The third-order valence-electron chi connectivity index (χ3n) is 3.68. The molecule has 0 fully saturated rings. The molecule has 0 saturated carbocycles. The number of amides is 1. The number of carbonyl (C=O) groups is 1. The summed E-state index contributed by atoms with van der Waals surface area (Å²) in [6.45, 7) is -0.485. The van der Waals surface area contributed by atoms with Gasteiger partial charge in [-0.15, -0.1) is 0 Å². The van der Waals surface area contributed by atoms with E-state index in [9.17, 15) is 26.4 Å². The molecule has 1 amide bonds. The van der Waals surface area contributed by atoms with Crippen molar-refractivity contribution in [3.63, 3.8) is 0 Å². The average Bonchev–Trinajstić information content (AvgIpc) is 2.97. The molecule has 0 radical (unpaired) electrons. The first-order valence-electron chi connectivity index (χ1n) is 6.83. The molecule has 2 aromatic rings. The van der Waals surface area contributed by atoms with Crippen molar-refractivity contribution in [1.29, 1.82) is 0 Å². The zero-order chi connectivity index (χ0) is 17.5. The van der Waals surface area contributed by atoms with Gasteiger partial charge in [-0.1, -0.05) is 12.1 Å². The summed E-state index contributed by atoms with van der Waals surface area (Å²) in [5, 5.41) is -5.55. The number of halogens is 3. The van der Waals surface area contributed by atoms with Crippen molar-refractivity contribution in [2.75, 3.05) is 0 Å². The number of sulfone groups is 1. The maximum Gasteiger partial charge on any atom is 0.427 e. The molecule has 5 nitrogen and oxygen atoms in total. The number of benzene rings is 1. The van der Waals surface area contributed by atoms with Gasteiger partial charge in [0.2, 0.25) is 0 Å². The van der Waals surface area contributed by atoms with E-state index in [0.29, 0.717) is 16.0 Å². The van der Waals surface area contributed by atoms with E-state index in [4.69, 9.17) is 0 Å². The summed E-state index contributed by atoms with van der Waals surface area (Å²) in [5.41, 5.74) is 0.866. The second-order valence-corrected chi connectivity index (χ2v) is 7.20. The minimum Gasteiger partial charge on any atom is -0.328 e. The molecule has 1 aromatic carbocycles. The van der Waals surface area contributed by atoms with Crippen molar-refractivity contribution in [3.8, 4) is 0 Å². The highest BCUT2D eigenvalue weighted by Crippen LogP contribution is 2.33. The van der Waals surface area contributed by atoms with Gasteiger partial charge in [-0.05, 0) is 35.4 Å². The molecule has 0 atom stereocenters. The Morgan fingerprint density at radius 2 is 1.83 bits per heavy atom. The quantitative estimate of drug-likeness (QED) is 0.845. The van der Waals surface area contributed by atoms with Crippen LogP contribution in [0.5, 0.6) is 0 Å². The molecule has 1 aliphatic heterocycles. The number of fused-ring (bicyclic) bond motifs is 1. The van der Waals surface area contributed by atoms with Crippen LogP contribution in [0.4, 0.5) is 13.2 Å². The normalized spacial score (nSPS) is 14.5. The smallest absolute Gasteiger partial charge is 0.328 e. The molecule has 0 saturated heterocycles. The van der Waals surface area contributed by atoms with E-state index < -0.39 is 31.8 Å². The summed E-state index contributed by atoms with van der Waals surface area (Å²) in [5.74, 6) is -2.42. The standard InChI is InChI=1S/C15H11F3N2O3S/c16-12-5-4-10-8-20(9-11(10)7-12)14(21)15(17,18)24(22,23)13-3-1-2-6-19-13/h1-7H,8-9H2. The van der Waals surface area contributed by atoms with Gasteiger partial charge in [-0.25, -0.2) is 17.8 Å². The molecule has 3 rings (SSSR count). The van der Waals surface area contributed by atoms with E-state index in [0.717, 1.165) is 24.4 Å². The van der Waals surface area contributed by atoms with Crippen LogP contribution >= 0.6 is 0 Å². The summed E-state index contributed by atoms with van der Waals surface area (Å²) in [7, 11) is -5.28. The SMILES string of the molecule is O=C(N1Cc2ccc(F)cc2C1)C(F)(F)S(=O)(=O)c1ccccn1. The zero-order valence-electron chi connectivity index (χ0n) is 12.1. The zero-order valence-corrected chi connectivity index (χ0v) is 12.9. The Balaban J connectivity index is 1.90. The van der Waals surface area contributed by atoms with E-state index in [1.54, 1.807) is 0 Å². The molecule has 126 valence electrons. The van der Waals surface area contributed by atoms with Gasteiger partial charge in [0.05, 0.1) is 0 Å². The summed E-state index contributed by atoms with van der Waals surface area (Å²) in [6, 6.07) is 7.15. The van der Waals surface area contributed by atoms with Gasteiger partial charge in [-0.2, -0.15) is 8.78 Å². The lowest BCUT2D eigenvalue weighted by molar-refractivity contribution is -0.147. The van der Waals surface area contributed by atoms with Crippen LogP contribution in [0, 0.1) is 5.82 Å². The number of alkyl halides is 2. The van der Waals surface area contributed by atoms with E-state index in [1.807, 2.05) is 0 Å². The first kappa shape index (κ1) is 16.4. The van der Waals surface area contributed by atoms with Gasteiger partial charge in [-0.3, -0.25) is 4.79 Å². The lowest BCUT2D eigenvalue weighted by Gasteiger charge is -2.22. The van der Waals surface area contributed by atoms with Crippen LogP contribution in [0.15, 0.2) is 47.6 Å². The lowest BCUT2D eigenvalue weighted by atomic mass is 10.1. The van der Waals surface area contributed by atoms with Gasteiger partial charge < -0.3 is 4.90 Å². The van der Waals surface area contributed by atoms with Gasteiger partial charge in [0.15, 0.2) is 5.03 Å². The van der Waals surface area contributed by atoms with Gasteiger partial charge >= 0.3 is 11.2 Å². The van der Waals surface area contributed by atoms with Crippen molar-refractivity contribution in [2.45, 2.75) is 23.4 Å². The van der Waals surface area contributed by atoms with Crippen LogP contribution in [0.2, 0.25) is 0 Å². The number of hydrogen-bond acceptors (Lipinski definition) is 4. The summed E-state index contributed by atoms with van der Waals surface area (Å²) in [4.78, 5) is 16.2. The number of nitrogens with zero attached hydrogens (tertiary/aromatic N) is 2. The summed E-state index contributed by atoms with van der Waals surface area (Å²) in [6.07, 6.45) is 1.04. The molecule has 0 N–H and O–H groups in total. The van der Waals surface area contributed by atoms with Gasteiger partial charge in [0.1, 0.15) is 5.82 Å². The van der Waals surface area contributed by atoms with Crippen molar-refractivity contribution in [1.82, 2.24) is 9.88 Å². The maximum absolute atomic E-state index is 14.3. The second-order valence-electron chi connectivity index (χ2n) is 5.26. The number of rotatable bonds is 3. The Labute approximate surface area is 135 Å². The highest BCUT2D eigenvalue weighted by atomic mass is 32.2. The Morgan fingerprint density at radius 3 is 2.50 bits per heavy atom. The third kappa shape index (κ3) is 2.54. The van der Waals surface area contributed by atoms with Gasteiger partial charge in [0.25, 0.3) is 9.84 Å². The van der Waals surface area contributed by atoms with Crippen molar-refractivity contribution < 1.29 is 26.4 Å². The highest BCUT2D eigenvalue weighted by molar-refractivity contribution is 7.93. The van der Waals surface area contributed by atoms with Crippen LogP contribution in [-0.4, -0.2) is 29.5 Å². The molecule has 9 heteroatoms. The molecule has 1 aromatic heterocycles. The Hall–Kier alpha value is -2.42. The third-order valence-corrected chi connectivity index (χ3v) is 5.32. The molecule has 0 spiro atoms. The number of aromatic nitrogens is 1. The molecule has 24 heavy (non-hydrogen) atoms. The monoisotopic (exact) mass is 356 g/mol. The first-order valence-corrected chi connectivity index (χ1v) is 8.32. The van der Waals surface area contributed by atoms with Gasteiger partial charge in [0, 0.05) is 19.3 Å². The average molecular weight is 356 g/mol. The molecular weight excluding hydrogens is 345 g/mol. The lowest BCUT2D eigenvalue weighted by Crippen LogP contribution is -2.46. The van der Waals surface area contributed by atoms with E-state index in [1.165, 1.54) is 18.2 Å². The fourth-order valence-corrected chi connectivity index (χ4v) is 3.52. The summed E-state index contributed by atoms with van der Waals surface area (Å²) < 4.78 is 66.0. The highest BCUT2D eigenvalue weighted by Gasteiger charge is 2.56. The van der Waals surface area contributed by atoms with Crippen LogP contribution < -0.4 is 0 Å². The topological polar surface area (TPSA) is 67.3 Å². The van der Waals surface area contributed by atoms with Crippen molar-refractivity contribution in [3.05, 3.63) is 59.5 Å². The predicted octanol–water partition coefficient (Wildman–Crippen LogP) is 2.13. The van der Waals surface area contributed by atoms with Crippen molar-refractivity contribution in [2.24, 2.45) is 0 Å². The molecular formula is C15H11F3N2O3S. The minimum absolute atomic E-state index is 0.207. The van der Waals surface area contributed by atoms with Crippen LogP contribution in [0.3, 0.4) is 0 Å².